The van der Waals surface area contributed by atoms with Crippen LogP contribution in [0, 0.1) is 0 Å². The summed E-state index contributed by atoms with van der Waals surface area (Å²) in [6, 6.07) is 0.0823. The zero-order valence-electron chi connectivity index (χ0n) is 7.92. The first kappa shape index (κ1) is 13.6. The van der Waals surface area contributed by atoms with Crippen LogP contribution in [0.5, 0.6) is 0 Å². The lowest BCUT2D eigenvalue weighted by atomic mass is 10.8. The van der Waals surface area contributed by atoms with Gasteiger partial charge in [0.15, 0.2) is 6.79 Å². The average Bonchev–Trinajstić information content (AvgIpc) is 2.05. The lowest BCUT2D eigenvalue weighted by molar-refractivity contribution is -0.336. The van der Waals surface area contributed by atoms with Crippen LogP contribution in [0.4, 0.5) is 0 Å². The topological polar surface area (TPSA) is 36.9 Å². The van der Waals surface area contributed by atoms with Gasteiger partial charge in [-0.05, 0) is 23.1 Å². The van der Waals surface area contributed by atoms with E-state index in [-0.39, 0.29) is 12.9 Å². The molecule has 0 aromatic rings. The molecule has 0 radical (unpaired) electrons. The van der Waals surface area contributed by atoms with E-state index in [0.717, 1.165) is 0 Å². The largest absolute Gasteiger partial charge is 0.339 e. The molecule has 0 heterocycles. The molecule has 0 saturated carbocycles. The molecule has 0 amide bonds. The summed E-state index contributed by atoms with van der Waals surface area (Å²) in [4.78, 5) is 0. The molecule has 1 unspecified atom stereocenters. The van der Waals surface area contributed by atoms with Crippen LogP contribution in [0.15, 0.2) is 0 Å². The van der Waals surface area contributed by atoms with Crippen LogP contribution in [0.2, 0.25) is 0 Å². The monoisotopic (exact) mass is 230 g/mol. The van der Waals surface area contributed by atoms with Gasteiger partial charge in [0.25, 0.3) is 5.71 Å². The third-order valence-corrected chi connectivity index (χ3v) is 1.77. The van der Waals surface area contributed by atoms with E-state index < -0.39 is 5.71 Å². The third-order valence-electron chi connectivity index (χ3n) is 1.11. The molecule has 0 spiro atoms. The summed E-state index contributed by atoms with van der Waals surface area (Å²) in [6.07, 6.45) is 0. The van der Waals surface area contributed by atoms with E-state index >= 15 is 0 Å². The molecule has 0 aromatic carbocycles. The molecule has 80 valence electrons. The summed E-state index contributed by atoms with van der Waals surface area (Å²) in [5.74, 6) is 0. The lowest BCUT2D eigenvalue weighted by Crippen LogP contribution is -2.33. The molecular weight excluding hydrogens is 214 g/mol. The standard InChI is InChI=1S/C7H16ClO4P/c1-3-10-7(13,11-4-2)12-6-9-5-8/h3-6,13H2,1-2H3. The van der Waals surface area contributed by atoms with Crippen molar-refractivity contribution in [3.05, 3.63) is 0 Å². The maximum absolute atomic E-state index is 5.29. The van der Waals surface area contributed by atoms with Gasteiger partial charge < -0.3 is 14.2 Å². The quantitative estimate of drug-likeness (QED) is 0.275. The highest BCUT2D eigenvalue weighted by Gasteiger charge is 2.26. The zero-order chi connectivity index (χ0) is 10.2. The predicted molar refractivity (Wildman–Crippen MR) is 53.5 cm³/mol. The molecule has 0 saturated heterocycles. The van der Waals surface area contributed by atoms with Crippen LogP contribution in [-0.4, -0.2) is 31.8 Å². The first-order valence-corrected chi connectivity index (χ1v) is 5.14. The molecule has 0 N–H and O–H groups in total. The summed E-state index contributed by atoms with van der Waals surface area (Å²) >= 11 is 5.29. The minimum Gasteiger partial charge on any atom is -0.339 e. The van der Waals surface area contributed by atoms with Crippen molar-refractivity contribution in [1.82, 2.24) is 0 Å². The number of hydrogen-bond donors (Lipinski definition) is 0. The second-order valence-electron chi connectivity index (χ2n) is 2.05. The van der Waals surface area contributed by atoms with Gasteiger partial charge in [0.05, 0.1) is 0 Å². The van der Waals surface area contributed by atoms with Gasteiger partial charge >= 0.3 is 0 Å². The fraction of sp³-hybridized carbons (Fsp3) is 1.00. The summed E-state index contributed by atoms with van der Waals surface area (Å²) in [5, 5.41) is 0. The fourth-order valence-electron chi connectivity index (χ4n) is 0.683. The van der Waals surface area contributed by atoms with Crippen molar-refractivity contribution in [2.75, 3.05) is 26.1 Å². The molecule has 0 fully saturated rings. The van der Waals surface area contributed by atoms with Gasteiger partial charge in [-0.15, -0.1) is 0 Å². The highest BCUT2D eigenvalue weighted by Crippen LogP contribution is 2.23. The minimum absolute atomic E-state index is 0.0347. The van der Waals surface area contributed by atoms with Crippen molar-refractivity contribution in [2.45, 2.75) is 19.6 Å². The molecule has 0 bridgehead atoms. The van der Waals surface area contributed by atoms with E-state index in [1.54, 1.807) is 0 Å². The Labute approximate surface area is 86.0 Å². The van der Waals surface area contributed by atoms with Crippen molar-refractivity contribution in [1.29, 1.82) is 0 Å². The van der Waals surface area contributed by atoms with Crippen molar-refractivity contribution in [3.8, 4) is 0 Å². The summed E-state index contributed by atoms with van der Waals surface area (Å²) in [5.41, 5.74) is -1.12. The van der Waals surface area contributed by atoms with Crippen molar-refractivity contribution in [3.63, 3.8) is 0 Å². The molecule has 6 heteroatoms. The van der Waals surface area contributed by atoms with Crippen molar-refractivity contribution < 1.29 is 18.9 Å². The molecule has 0 aliphatic carbocycles. The van der Waals surface area contributed by atoms with Gasteiger partial charge in [-0.2, -0.15) is 0 Å². The molecular formula is C7H16ClO4P. The molecule has 0 aromatic heterocycles. The highest BCUT2D eigenvalue weighted by molar-refractivity contribution is 7.17. The van der Waals surface area contributed by atoms with Gasteiger partial charge in [0.2, 0.25) is 0 Å². The minimum atomic E-state index is -1.12. The van der Waals surface area contributed by atoms with Gasteiger partial charge in [-0.25, -0.2) is 0 Å². The number of alkyl halides is 1. The average molecular weight is 231 g/mol. The SMILES string of the molecule is CCOC(P)(OCC)OCOCCl. The first-order chi connectivity index (χ1) is 6.18. The molecule has 0 rings (SSSR count). The Kier molecular flexibility index (Phi) is 8.26. The molecule has 1 atom stereocenters. The van der Waals surface area contributed by atoms with Gasteiger partial charge in [0.1, 0.15) is 6.07 Å². The Balaban J connectivity index is 3.76. The van der Waals surface area contributed by atoms with E-state index in [2.05, 4.69) is 9.24 Å². The Morgan fingerprint density at radius 2 is 1.69 bits per heavy atom. The van der Waals surface area contributed by atoms with Crippen LogP contribution in [-0.2, 0) is 18.9 Å². The van der Waals surface area contributed by atoms with Crippen LogP contribution in [0.3, 0.4) is 0 Å². The third kappa shape index (κ3) is 6.61. The van der Waals surface area contributed by atoms with Crippen molar-refractivity contribution >= 4 is 20.8 Å². The Morgan fingerprint density at radius 3 is 2.08 bits per heavy atom. The molecule has 0 aliphatic rings. The zero-order valence-corrected chi connectivity index (χ0v) is 9.83. The second kappa shape index (κ2) is 7.92. The first-order valence-electron chi connectivity index (χ1n) is 4.03. The maximum Gasteiger partial charge on any atom is 0.297 e. The Morgan fingerprint density at radius 1 is 1.15 bits per heavy atom. The van der Waals surface area contributed by atoms with Crippen LogP contribution in [0.25, 0.3) is 0 Å². The molecule has 4 nitrogen and oxygen atoms in total. The predicted octanol–water partition coefficient (Wildman–Crippen LogP) is 1.73. The lowest BCUT2D eigenvalue weighted by Gasteiger charge is -2.27. The highest BCUT2D eigenvalue weighted by atomic mass is 35.5. The number of ether oxygens (including phenoxy) is 4. The number of hydrogen-bond acceptors (Lipinski definition) is 4. The fourth-order valence-corrected chi connectivity index (χ4v) is 1.15. The van der Waals surface area contributed by atoms with Gasteiger partial charge in [-0.1, -0.05) is 11.6 Å². The summed E-state index contributed by atoms with van der Waals surface area (Å²) in [7, 11) is 2.34. The van der Waals surface area contributed by atoms with E-state index in [0.29, 0.717) is 13.2 Å². The number of rotatable bonds is 8. The van der Waals surface area contributed by atoms with Gasteiger partial charge in [-0.3, -0.25) is 4.74 Å². The normalized spacial score (nSPS) is 12.0. The Hall–Kier alpha value is 0.560. The molecule has 0 aliphatic heterocycles. The van der Waals surface area contributed by atoms with Crippen molar-refractivity contribution in [2.24, 2.45) is 0 Å². The smallest absolute Gasteiger partial charge is 0.297 e. The number of halogens is 1. The second-order valence-corrected chi connectivity index (χ2v) is 2.97. The van der Waals surface area contributed by atoms with E-state index in [1.807, 2.05) is 13.8 Å². The molecule has 13 heavy (non-hydrogen) atoms. The summed E-state index contributed by atoms with van der Waals surface area (Å²) < 4.78 is 20.4. The van der Waals surface area contributed by atoms with Crippen LogP contribution >= 0.6 is 20.8 Å². The van der Waals surface area contributed by atoms with Crippen LogP contribution in [0.1, 0.15) is 13.8 Å². The Bertz CT molecular complexity index is 119. The van der Waals surface area contributed by atoms with Crippen LogP contribution < -0.4 is 0 Å². The summed E-state index contributed by atoms with van der Waals surface area (Å²) in [6.45, 7) is 4.72. The maximum atomic E-state index is 5.29. The van der Waals surface area contributed by atoms with E-state index in [1.165, 1.54) is 0 Å². The van der Waals surface area contributed by atoms with Gasteiger partial charge in [0, 0.05) is 13.2 Å². The van der Waals surface area contributed by atoms with E-state index in [4.69, 9.17) is 30.5 Å². The van der Waals surface area contributed by atoms with E-state index in [9.17, 15) is 0 Å².